The second-order valence-corrected chi connectivity index (χ2v) is 7.59. The Balaban J connectivity index is 1.75. The van der Waals surface area contributed by atoms with Crippen LogP contribution in [-0.4, -0.2) is 18.7 Å². The molecule has 1 aromatic rings. The zero-order valence-corrected chi connectivity index (χ0v) is 13.3. The topological polar surface area (TPSA) is 21.3 Å². The lowest BCUT2D eigenvalue weighted by Gasteiger charge is -2.48. The van der Waals surface area contributed by atoms with Crippen molar-refractivity contribution in [2.24, 2.45) is 5.41 Å². The van der Waals surface area contributed by atoms with E-state index in [9.17, 15) is 4.39 Å². The van der Waals surface area contributed by atoms with Gasteiger partial charge in [-0.1, -0.05) is 26.0 Å². The Kier molecular flexibility index (Phi) is 3.83. The van der Waals surface area contributed by atoms with Crippen LogP contribution in [0, 0.1) is 18.2 Å². The van der Waals surface area contributed by atoms with Gasteiger partial charge < -0.3 is 10.1 Å². The fourth-order valence-corrected chi connectivity index (χ4v) is 3.49. The van der Waals surface area contributed by atoms with Crippen LogP contribution in [0.4, 0.5) is 4.39 Å². The molecular formula is C18H26FNO. The Hall–Kier alpha value is -0.930. The lowest BCUT2D eigenvalue weighted by molar-refractivity contribution is -0.147. The van der Waals surface area contributed by atoms with Crippen molar-refractivity contribution in [3.05, 3.63) is 35.1 Å². The summed E-state index contributed by atoms with van der Waals surface area (Å²) in [4.78, 5) is 0. The summed E-state index contributed by atoms with van der Waals surface area (Å²) < 4.78 is 20.3. The van der Waals surface area contributed by atoms with Crippen LogP contribution in [0.1, 0.15) is 56.8 Å². The van der Waals surface area contributed by atoms with Crippen molar-refractivity contribution >= 4 is 0 Å². The molecule has 2 aliphatic rings. The number of hydrogen-bond acceptors (Lipinski definition) is 2. The normalized spacial score (nSPS) is 27.7. The van der Waals surface area contributed by atoms with Crippen LogP contribution >= 0.6 is 0 Å². The minimum atomic E-state index is -0.138. The van der Waals surface area contributed by atoms with Gasteiger partial charge >= 0.3 is 0 Å². The fraction of sp³-hybridized carbons (Fsp3) is 0.667. The van der Waals surface area contributed by atoms with E-state index in [1.165, 1.54) is 12.8 Å². The first kappa shape index (κ1) is 15.0. The van der Waals surface area contributed by atoms with Gasteiger partial charge in [0.15, 0.2) is 0 Å². The first-order valence-electron chi connectivity index (χ1n) is 8.04. The highest BCUT2D eigenvalue weighted by atomic mass is 19.1. The summed E-state index contributed by atoms with van der Waals surface area (Å²) in [7, 11) is 0. The Morgan fingerprint density at radius 1 is 1.19 bits per heavy atom. The Morgan fingerprint density at radius 2 is 1.90 bits per heavy atom. The molecule has 0 bridgehead atoms. The Labute approximate surface area is 127 Å². The highest BCUT2D eigenvalue weighted by molar-refractivity contribution is 5.26. The quantitative estimate of drug-likeness (QED) is 0.840. The summed E-state index contributed by atoms with van der Waals surface area (Å²) in [6, 6.07) is 5.48. The monoisotopic (exact) mass is 291 g/mol. The molecule has 116 valence electrons. The molecule has 0 radical (unpaired) electrons. The third-order valence-corrected chi connectivity index (χ3v) is 5.25. The number of hydrogen-bond donors (Lipinski definition) is 1. The van der Waals surface area contributed by atoms with Crippen molar-refractivity contribution in [1.29, 1.82) is 0 Å². The minimum Gasteiger partial charge on any atom is -0.364 e. The number of rotatable bonds is 1. The molecule has 1 saturated carbocycles. The van der Waals surface area contributed by atoms with Crippen LogP contribution in [-0.2, 0) is 4.74 Å². The van der Waals surface area contributed by atoms with Crippen molar-refractivity contribution in [2.75, 3.05) is 13.1 Å². The highest BCUT2D eigenvalue weighted by Crippen LogP contribution is 2.44. The van der Waals surface area contributed by atoms with Crippen LogP contribution in [0.25, 0.3) is 0 Å². The second kappa shape index (κ2) is 5.36. The molecule has 1 saturated heterocycles. The molecule has 0 amide bonds. The van der Waals surface area contributed by atoms with E-state index in [-0.39, 0.29) is 17.5 Å². The molecule has 1 unspecified atom stereocenters. The summed E-state index contributed by atoms with van der Waals surface area (Å²) >= 11 is 0. The number of ether oxygens (including phenoxy) is 1. The van der Waals surface area contributed by atoms with Crippen molar-refractivity contribution < 1.29 is 9.13 Å². The lowest BCUT2D eigenvalue weighted by atomic mass is 9.70. The average molecular weight is 291 g/mol. The predicted molar refractivity (Wildman–Crippen MR) is 82.8 cm³/mol. The van der Waals surface area contributed by atoms with Gasteiger partial charge in [0.1, 0.15) is 5.82 Å². The van der Waals surface area contributed by atoms with E-state index in [2.05, 4.69) is 19.2 Å². The molecule has 3 rings (SSSR count). The number of nitrogens with one attached hydrogen (secondary N) is 1. The molecule has 2 fully saturated rings. The Bertz CT molecular complexity index is 516. The van der Waals surface area contributed by atoms with Crippen LogP contribution in [0.5, 0.6) is 0 Å². The predicted octanol–water partition coefficient (Wildman–Crippen LogP) is 4.13. The van der Waals surface area contributed by atoms with Crippen LogP contribution < -0.4 is 5.32 Å². The maximum atomic E-state index is 13.8. The number of halogens is 1. The van der Waals surface area contributed by atoms with E-state index in [0.717, 1.165) is 31.5 Å². The maximum Gasteiger partial charge on any atom is 0.126 e. The number of benzene rings is 1. The largest absolute Gasteiger partial charge is 0.364 e. The lowest BCUT2D eigenvalue weighted by Crippen LogP contribution is -2.53. The third-order valence-electron chi connectivity index (χ3n) is 5.25. The first-order valence-corrected chi connectivity index (χ1v) is 8.04. The maximum absolute atomic E-state index is 13.8. The molecule has 21 heavy (non-hydrogen) atoms. The molecule has 2 nitrogen and oxygen atoms in total. The van der Waals surface area contributed by atoms with Gasteiger partial charge in [0, 0.05) is 13.1 Å². The van der Waals surface area contributed by atoms with Gasteiger partial charge in [-0.3, -0.25) is 0 Å². The van der Waals surface area contributed by atoms with Crippen molar-refractivity contribution in [2.45, 2.75) is 58.2 Å². The van der Waals surface area contributed by atoms with Gasteiger partial charge in [-0.25, -0.2) is 4.39 Å². The van der Waals surface area contributed by atoms with Gasteiger partial charge in [0.2, 0.25) is 0 Å². The van der Waals surface area contributed by atoms with E-state index in [1.807, 2.05) is 12.1 Å². The highest BCUT2D eigenvalue weighted by Gasteiger charge is 2.42. The van der Waals surface area contributed by atoms with Crippen molar-refractivity contribution in [3.8, 4) is 0 Å². The molecule has 1 heterocycles. The molecular weight excluding hydrogens is 265 g/mol. The van der Waals surface area contributed by atoms with E-state index in [1.54, 1.807) is 13.0 Å². The van der Waals surface area contributed by atoms with Crippen molar-refractivity contribution in [3.63, 3.8) is 0 Å². The summed E-state index contributed by atoms with van der Waals surface area (Å²) in [6.07, 6.45) is 4.55. The fourth-order valence-electron chi connectivity index (χ4n) is 3.49. The van der Waals surface area contributed by atoms with E-state index < -0.39 is 0 Å². The Morgan fingerprint density at radius 3 is 2.57 bits per heavy atom. The van der Waals surface area contributed by atoms with Gasteiger partial charge in [-0.15, -0.1) is 0 Å². The summed E-state index contributed by atoms with van der Waals surface area (Å²) in [5.74, 6) is -0.138. The van der Waals surface area contributed by atoms with E-state index >= 15 is 0 Å². The van der Waals surface area contributed by atoms with Gasteiger partial charge in [0.05, 0.1) is 11.7 Å². The van der Waals surface area contributed by atoms with Gasteiger partial charge in [-0.2, -0.15) is 0 Å². The minimum absolute atomic E-state index is 0.0323. The van der Waals surface area contributed by atoms with Gasteiger partial charge in [-0.05, 0) is 55.2 Å². The molecule has 1 aromatic carbocycles. The average Bonchev–Trinajstić information content (AvgIpc) is 2.46. The summed E-state index contributed by atoms with van der Waals surface area (Å²) in [5.41, 5.74) is 2.02. The summed E-state index contributed by atoms with van der Waals surface area (Å²) in [6.45, 7) is 8.16. The van der Waals surface area contributed by atoms with Crippen LogP contribution in [0.3, 0.4) is 0 Å². The molecule has 1 spiro atoms. The molecule has 1 atom stereocenters. The molecule has 1 aliphatic carbocycles. The standard InChI is InChI=1S/C18H26FNO/c1-13-4-5-14(10-15(13)19)16-11-20-12-18(21-16)8-6-17(2,3)7-9-18/h4-5,10,16,20H,6-9,11-12H2,1-3H3. The van der Waals surface area contributed by atoms with Crippen LogP contribution in [0.2, 0.25) is 0 Å². The zero-order chi connectivity index (χ0) is 15.1. The van der Waals surface area contributed by atoms with Gasteiger partial charge in [0.25, 0.3) is 0 Å². The smallest absolute Gasteiger partial charge is 0.126 e. The molecule has 1 N–H and O–H groups in total. The van der Waals surface area contributed by atoms with Crippen molar-refractivity contribution in [1.82, 2.24) is 5.32 Å². The second-order valence-electron chi connectivity index (χ2n) is 7.59. The van der Waals surface area contributed by atoms with Crippen LogP contribution in [0.15, 0.2) is 18.2 Å². The zero-order valence-electron chi connectivity index (χ0n) is 13.3. The SMILES string of the molecule is Cc1ccc(C2CNCC3(CCC(C)(C)CC3)O2)cc1F. The van der Waals surface area contributed by atoms with E-state index in [4.69, 9.17) is 4.74 Å². The third kappa shape index (κ3) is 3.14. The molecule has 3 heteroatoms. The number of morpholine rings is 1. The number of aryl methyl sites for hydroxylation is 1. The molecule has 1 aliphatic heterocycles. The molecule has 0 aromatic heterocycles. The summed E-state index contributed by atoms with van der Waals surface area (Å²) in [5, 5.41) is 3.51. The van der Waals surface area contributed by atoms with E-state index in [0.29, 0.717) is 11.0 Å². The first-order chi connectivity index (χ1) is 9.89.